The molecule has 1 aliphatic heterocycles. The van der Waals surface area contributed by atoms with Crippen molar-refractivity contribution in [1.82, 2.24) is 20.3 Å². The largest absolute Gasteiger partial charge is 0.684 e. The van der Waals surface area contributed by atoms with Crippen molar-refractivity contribution in [1.29, 1.82) is 0 Å². The minimum atomic E-state index is -0.672. The van der Waals surface area contributed by atoms with Gasteiger partial charge in [-0.05, 0) is 44.8 Å². The summed E-state index contributed by atoms with van der Waals surface area (Å²) in [4.78, 5) is 24.1. The molecule has 3 rings (SSSR count). The average Bonchev–Trinajstić information content (AvgIpc) is 3.12. The molecule has 0 aliphatic carbocycles. The third-order valence-electron chi connectivity index (χ3n) is 4.34. The number of carbonyl (C=O) groups is 2. The average molecular weight is 469 g/mol. The molecule has 0 spiro atoms. The molecule has 8 nitrogen and oxygen atoms in total. The van der Waals surface area contributed by atoms with Crippen LogP contribution in [0.5, 0.6) is 0 Å². The van der Waals surface area contributed by atoms with Crippen LogP contribution in [0, 0.1) is 6.07 Å². The third-order valence-corrected chi connectivity index (χ3v) is 4.34. The van der Waals surface area contributed by atoms with E-state index >= 15 is 0 Å². The van der Waals surface area contributed by atoms with Crippen molar-refractivity contribution in [2.24, 2.45) is 0 Å². The number of benzene rings is 1. The summed E-state index contributed by atoms with van der Waals surface area (Å²) in [6.45, 7) is 10.4. The van der Waals surface area contributed by atoms with Gasteiger partial charge in [0.15, 0.2) is 0 Å². The minimum Gasteiger partial charge on any atom is -0.684 e. The van der Waals surface area contributed by atoms with Crippen LogP contribution < -0.4 is 10.6 Å². The molecule has 1 fully saturated rings. The van der Waals surface area contributed by atoms with Crippen molar-refractivity contribution < 1.29 is 42.3 Å². The summed E-state index contributed by atoms with van der Waals surface area (Å²) in [5.74, 6) is -0.737. The van der Waals surface area contributed by atoms with Crippen LogP contribution in [0.4, 0.5) is 5.69 Å². The number of amides is 2. The second-order valence-corrected chi connectivity index (χ2v) is 7.75. The maximum absolute atomic E-state index is 12.3. The first kappa shape index (κ1) is 23.2. The number of aromatic nitrogens is 3. The Hall–Kier alpha value is -2.06. The molecular formula is C20H24N6O2Y-2. The van der Waals surface area contributed by atoms with E-state index < -0.39 is 11.9 Å². The van der Waals surface area contributed by atoms with Gasteiger partial charge in [-0.3, -0.25) is 4.79 Å². The third kappa shape index (κ3) is 6.21. The van der Waals surface area contributed by atoms with Crippen LogP contribution >= 0.6 is 0 Å². The van der Waals surface area contributed by atoms with Crippen LogP contribution in [0.3, 0.4) is 0 Å². The maximum atomic E-state index is 12.3. The van der Waals surface area contributed by atoms with E-state index in [1.54, 1.807) is 18.2 Å². The van der Waals surface area contributed by atoms with E-state index in [1.165, 1.54) is 0 Å². The fourth-order valence-corrected chi connectivity index (χ4v) is 2.66. The zero-order valence-electron chi connectivity index (χ0n) is 16.9. The standard InChI is InChI=1S/C20H25N6O2.Y/c1-13-5-10-17(19(28)22-13)23-18(27)14-6-8-15(9-7-14)21-11-16-12-26(25-24-16)20(2,3)4;/h6,8-9,12,17H,1,5,10-11H2,2-4H3,(H3,21,22,23,27,28);/q-1;/p-1. The summed E-state index contributed by atoms with van der Waals surface area (Å²) in [7, 11) is 0. The Kier molecular flexibility index (Phi) is 7.71. The Labute approximate surface area is 195 Å². The number of nitrogens with one attached hydrogen (secondary N) is 2. The second-order valence-electron chi connectivity index (χ2n) is 7.75. The van der Waals surface area contributed by atoms with Crippen LogP contribution in [0.15, 0.2) is 36.7 Å². The molecule has 9 heteroatoms. The molecule has 1 aromatic heterocycles. The van der Waals surface area contributed by atoms with E-state index in [0.717, 1.165) is 11.4 Å². The molecule has 1 aromatic carbocycles. The summed E-state index contributed by atoms with van der Waals surface area (Å²) >= 11 is 0. The molecular weight excluding hydrogens is 445 g/mol. The first-order chi connectivity index (χ1) is 13.2. The quantitative estimate of drug-likeness (QED) is 0.656. The Balaban J connectivity index is 0.00000300. The summed E-state index contributed by atoms with van der Waals surface area (Å²) in [5, 5.41) is 18.1. The summed E-state index contributed by atoms with van der Waals surface area (Å²) in [6.07, 6.45) is 3.02. The molecule has 0 saturated carbocycles. The van der Waals surface area contributed by atoms with E-state index in [4.69, 9.17) is 0 Å². The number of nitrogens with zero attached hydrogens (tertiary/aromatic N) is 4. The SMILES string of the molecule is C=C1CCC([N-]C(=O)c2[c-]cc(NCc3cn(C(C)(C)C)nn3)cc2)C(=O)N1.[Y]. The monoisotopic (exact) mass is 469 g/mol. The van der Waals surface area contributed by atoms with Gasteiger partial charge in [0.1, 0.15) is 5.69 Å². The molecule has 0 bridgehead atoms. The zero-order chi connectivity index (χ0) is 20.3. The second kappa shape index (κ2) is 9.63. The van der Waals surface area contributed by atoms with Gasteiger partial charge in [0.05, 0.1) is 18.3 Å². The van der Waals surface area contributed by atoms with Crippen molar-refractivity contribution in [3.63, 3.8) is 0 Å². The van der Waals surface area contributed by atoms with E-state index in [9.17, 15) is 9.59 Å². The number of rotatable bonds is 5. The fraction of sp³-hybridized carbons (Fsp3) is 0.400. The molecule has 151 valence electrons. The van der Waals surface area contributed by atoms with Gasteiger partial charge in [0.2, 0.25) is 5.91 Å². The maximum Gasteiger partial charge on any atom is 0.209 e. The Morgan fingerprint density at radius 2 is 2.21 bits per heavy atom. The molecule has 2 N–H and O–H groups in total. The van der Waals surface area contributed by atoms with E-state index in [-0.39, 0.29) is 44.2 Å². The molecule has 1 aliphatic rings. The number of carbonyl (C=O) groups excluding carboxylic acids is 2. The number of hydrogen-bond donors (Lipinski definition) is 2. The van der Waals surface area contributed by atoms with Crippen LogP contribution in [0.1, 0.15) is 49.7 Å². The molecule has 1 unspecified atom stereocenters. The van der Waals surface area contributed by atoms with E-state index in [1.807, 2.05) is 10.9 Å². The molecule has 1 saturated heterocycles. The van der Waals surface area contributed by atoms with Gasteiger partial charge in [-0.15, -0.1) is 34.9 Å². The van der Waals surface area contributed by atoms with Crippen LogP contribution in [-0.2, 0) is 49.6 Å². The molecule has 1 atom stereocenters. The molecule has 2 amide bonds. The molecule has 1 radical (unpaired) electrons. The van der Waals surface area contributed by atoms with Crippen LogP contribution in [0.25, 0.3) is 5.32 Å². The van der Waals surface area contributed by atoms with Gasteiger partial charge in [-0.2, -0.15) is 0 Å². The van der Waals surface area contributed by atoms with Gasteiger partial charge in [-0.1, -0.05) is 18.2 Å². The van der Waals surface area contributed by atoms with Crippen LogP contribution in [-0.4, -0.2) is 32.9 Å². The Bertz CT molecular complexity index is 885. The Morgan fingerprint density at radius 1 is 1.45 bits per heavy atom. The summed E-state index contributed by atoms with van der Waals surface area (Å²) in [5.41, 5.74) is 2.48. The van der Waals surface area contributed by atoms with Crippen molar-refractivity contribution in [3.8, 4) is 0 Å². The van der Waals surface area contributed by atoms with Crippen molar-refractivity contribution in [3.05, 3.63) is 59.3 Å². The zero-order valence-corrected chi connectivity index (χ0v) is 19.7. The van der Waals surface area contributed by atoms with E-state index in [2.05, 4.69) is 59.7 Å². The fourth-order valence-electron chi connectivity index (χ4n) is 2.66. The number of allylic oxidation sites excluding steroid dienone is 1. The van der Waals surface area contributed by atoms with Crippen molar-refractivity contribution >= 4 is 17.5 Å². The van der Waals surface area contributed by atoms with Gasteiger partial charge >= 0.3 is 0 Å². The molecule has 2 heterocycles. The smallest absolute Gasteiger partial charge is 0.209 e. The van der Waals surface area contributed by atoms with Gasteiger partial charge < -0.3 is 20.7 Å². The number of hydrogen-bond acceptors (Lipinski definition) is 5. The van der Waals surface area contributed by atoms with Crippen molar-refractivity contribution in [2.45, 2.75) is 51.7 Å². The molecule has 2 aromatic rings. The van der Waals surface area contributed by atoms with E-state index in [0.29, 0.717) is 30.6 Å². The predicted molar refractivity (Wildman–Crippen MR) is 106 cm³/mol. The normalized spacial score (nSPS) is 16.6. The first-order valence-electron chi connectivity index (χ1n) is 9.13. The van der Waals surface area contributed by atoms with Gasteiger partial charge in [0.25, 0.3) is 0 Å². The summed E-state index contributed by atoms with van der Waals surface area (Å²) < 4.78 is 1.82. The molecule has 29 heavy (non-hydrogen) atoms. The predicted octanol–water partition coefficient (Wildman–Crippen LogP) is 2.75. The number of anilines is 1. The van der Waals surface area contributed by atoms with Crippen LogP contribution in [0.2, 0.25) is 0 Å². The van der Waals surface area contributed by atoms with Gasteiger partial charge in [-0.25, -0.2) is 4.68 Å². The minimum absolute atomic E-state index is 0. The Morgan fingerprint density at radius 3 is 2.79 bits per heavy atom. The number of piperidine rings is 1. The van der Waals surface area contributed by atoms with Gasteiger partial charge in [0, 0.05) is 38.4 Å². The topological polar surface area (TPSA) is 103 Å². The van der Waals surface area contributed by atoms with Crippen molar-refractivity contribution in [2.75, 3.05) is 5.32 Å². The summed E-state index contributed by atoms with van der Waals surface area (Å²) in [6, 6.07) is 7.34. The first-order valence-corrected chi connectivity index (χ1v) is 9.13.